The standard InChI is InChI=1S/C11H16O5/c1-4-8(11(15)7(2)3)16-10(14)6-5-9(12)13/h8H,2,4-6H2,1,3H3,(H,12,13). The third-order valence-corrected chi connectivity index (χ3v) is 1.90. The first-order valence-corrected chi connectivity index (χ1v) is 4.99. The first-order chi connectivity index (χ1) is 7.38. The van der Waals surface area contributed by atoms with Gasteiger partial charge in [-0.3, -0.25) is 14.4 Å². The number of Topliss-reactive ketones (excluding diaryl/α,β-unsaturated/α-hetero) is 1. The average Bonchev–Trinajstić information content (AvgIpc) is 2.21. The van der Waals surface area contributed by atoms with Gasteiger partial charge in [0.2, 0.25) is 0 Å². The molecule has 1 atom stereocenters. The molecule has 0 bridgehead atoms. The molecule has 0 rings (SSSR count). The van der Waals surface area contributed by atoms with Crippen LogP contribution >= 0.6 is 0 Å². The fraction of sp³-hybridized carbons (Fsp3) is 0.545. The Balaban J connectivity index is 4.22. The first-order valence-electron chi connectivity index (χ1n) is 4.99. The summed E-state index contributed by atoms with van der Waals surface area (Å²) in [5.41, 5.74) is 0.317. The number of hydrogen-bond acceptors (Lipinski definition) is 4. The van der Waals surface area contributed by atoms with Crippen LogP contribution in [0.2, 0.25) is 0 Å². The number of esters is 1. The lowest BCUT2D eigenvalue weighted by Gasteiger charge is -2.14. The molecule has 0 aromatic heterocycles. The van der Waals surface area contributed by atoms with E-state index < -0.39 is 18.0 Å². The minimum Gasteiger partial charge on any atom is -0.481 e. The molecule has 90 valence electrons. The van der Waals surface area contributed by atoms with E-state index in [-0.39, 0.29) is 18.6 Å². The Morgan fingerprint density at radius 1 is 1.31 bits per heavy atom. The number of carbonyl (C=O) groups excluding carboxylic acids is 2. The number of hydrogen-bond donors (Lipinski definition) is 1. The van der Waals surface area contributed by atoms with Crippen LogP contribution < -0.4 is 0 Å². The lowest BCUT2D eigenvalue weighted by molar-refractivity contribution is -0.155. The predicted molar refractivity (Wildman–Crippen MR) is 56.9 cm³/mol. The van der Waals surface area contributed by atoms with Crippen molar-refractivity contribution >= 4 is 17.7 Å². The highest BCUT2D eigenvalue weighted by atomic mass is 16.5. The highest BCUT2D eigenvalue weighted by molar-refractivity contribution is 5.98. The van der Waals surface area contributed by atoms with Crippen LogP contribution in [-0.4, -0.2) is 28.9 Å². The maximum absolute atomic E-state index is 11.5. The van der Waals surface area contributed by atoms with Crippen LogP contribution in [0.3, 0.4) is 0 Å². The zero-order valence-electron chi connectivity index (χ0n) is 9.49. The van der Waals surface area contributed by atoms with Crippen molar-refractivity contribution in [2.75, 3.05) is 0 Å². The van der Waals surface area contributed by atoms with Crippen molar-refractivity contribution in [1.82, 2.24) is 0 Å². The lowest BCUT2D eigenvalue weighted by Crippen LogP contribution is -2.27. The van der Waals surface area contributed by atoms with Crippen molar-refractivity contribution in [3.8, 4) is 0 Å². The highest BCUT2D eigenvalue weighted by Gasteiger charge is 2.21. The fourth-order valence-corrected chi connectivity index (χ4v) is 1.02. The van der Waals surface area contributed by atoms with E-state index in [1.54, 1.807) is 6.92 Å². The molecule has 1 unspecified atom stereocenters. The molecule has 0 aromatic carbocycles. The summed E-state index contributed by atoms with van der Waals surface area (Å²) in [4.78, 5) is 32.8. The minimum absolute atomic E-state index is 0.227. The lowest BCUT2D eigenvalue weighted by atomic mass is 10.1. The summed E-state index contributed by atoms with van der Waals surface area (Å²) in [6.45, 7) is 6.71. The van der Waals surface area contributed by atoms with Gasteiger partial charge in [-0.2, -0.15) is 0 Å². The number of aliphatic carboxylic acids is 1. The first kappa shape index (κ1) is 14.3. The predicted octanol–water partition coefficient (Wildman–Crippen LogP) is 1.32. The summed E-state index contributed by atoms with van der Waals surface area (Å²) < 4.78 is 4.86. The molecular formula is C11H16O5. The van der Waals surface area contributed by atoms with Gasteiger partial charge in [0.1, 0.15) is 0 Å². The summed E-state index contributed by atoms with van der Waals surface area (Å²) in [6.07, 6.45) is -1.02. The van der Waals surface area contributed by atoms with Crippen LogP contribution in [0, 0.1) is 0 Å². The largest absolute Gasteiger partial charge is 0.481 e. The molecule has 0 aliphatic carbocycles. The van der Waals surface area contributed by atoms with Gasteiger partial charge < -0.3 is 9.84 Å². The number of ether oxygens (including phenoxy) is 1. The zero-order chi connectivity index (χ0) is 12.7. The Kier molecular flexibility index (Phi) is 6.07. The monoisotopic (exact) mass is 228 g/mol. The van der Waals surface area contributed by atoms with Crippen molar-refractivity contribution in [2.45, 2.75) is 39.2 Å². The molecular weight excluding hydrogens is 212 g/mol. The summed E-state index contributed by atoms with van der Waals surface area (Å²) in [7, 11) is 0. The van der Waals surface area contributed by atoms with E-state index in [1.807, 2.05) is 0 Å². The minimum atomic E-state index is -1.07. The smallest absolute Gasteiger partial charge is 0.307 e. The highest BCUT2D eigenvalue weighted by Crippen LogP contribution is 2.07. The Hall–Kier alpha value is -1.65. The normalized spacial score (nSPS) is 11.6. The van der Waals surface area contributed by atoms with E-state index in [0.29, 0.717) is 12.0 Å². The van der Waals surface area contributed by atoms with E-state index >= 15 is 0 Å². The molecule has 16 heavy (non-hydrogen) atoms. The van der Waals surface area contributed by atoms with Crippen molar-refractivity contribution in [3.63, 3.8) is 0 Å². The molecule has 0 aliphatic heterocycles. The van der Waals surface area contributed by atoms with Gasteiger partial charge in [0.25, 0.3) is 0 Å². The Labute approximate surface area is 94.1 Å². The van der Waals surface area contributed by atoms with E-state index in [4.69, 9.17) is 9.84 Å². The number of rotatable bonds is 7. The maximum atomic E-state index is 11.5. The maximum Gasteiger partial charge on any atom is 0.307 e. The number of carboxylic acids is 1. The van der Waals surface area contributed by atoms with Crippen LogP contribution in [-0.2, 0) is 19.1 Å². The molecule has 0 saturated carbocycles. The number of carboxylic acid groups (broad SMARTS) is 1. The van der Waals surface area contributed by atoms with Gasteiger partial charge >= 0.3 is 11.9 Å². The van der Waals surface area contributed by atoms with Gasteiger partial charge in [-0.25, -0.2) is 0 Å². The molecule has 0 heterocycles. The van der Waals surface area contributed by atoms with Gasteiger partial charge in [0, 0.05) is 0 Å². The van der Waals surface area contributed by atoms with E-state index in [2.05, 4.69) is 6.58 Å². The Morgan fingerprint density at radius 3 is 2.25 bits per heavy atom. The van der Waals surface area contributed by atoms with Gasteiger partial charge in [-0.1, -0.05) is 13.5 Å². The third kappa shape index (κ3) is 5.29. The second-order valence-electron chi connectivity index (χ2n) is 3.43. The molecule has 0 radical (unpaired) electrons. The second kappa shape index (κ2) is 6.76. The molecule has 0 aliphatic rings. The van der Waals surface area contributed by atoms with Crippen LogP contribution in [0.15, 0.2) is 12.2 Å². The fourth-order valence-electron chi connectivity index (χ4n) is 1.02. The van der Waals surface area contributed by atoms with Crippen LogP contribution in [0.1, 0.15) is 33.1 Å². The Morgan fingerprint density at radius 2 is 1.88 bits per heavy atom. The number of carbonyl (C=O) groups is 3. The molecule has 0 aromatic rings. The summed E-state index contributed by atoms with van der Waals surface area (Å²) >= 11 is 0. The molecule has 0 saturated heterocycles. The summed E-state index contributed by atoms with van der Waals surface area (Å²) in [5.74, 6) is -2.08. The molecule has 5 nitrogen and oxygen atoms in total. The topological polar surface area (TPSA) is 80.7 Å². The second-order valence-corrected chi connectivity index (χ2v) is 3.43. The molecule has 0 fully saturated rings. The van der Waals surface area contributed by atoms with Gasteiger partial charge in [0.15, 0.2) is 11.9 Å². The molecule has 1 N–H and O–H groups in total. The van der Waals surface area contributed by atoms with Gasteiger partial charge in [0.05, 0.1) is 12.8 Å². The number of ketones is 1. The van der Waals surface area contributed by atoms with E-state index in [1.165, 1.54) is 6.92 Å². The molecule has 0 spiro atoms. The summed E-state index contributed by atoms with van der Waals surface area (Å²) in [6, 6.07) is 0. The van der Waals surface area contributed by atoms with Crippen LogP contribution in [0.4, 0.5) is 0 Å². The van der Waals surface area contributed by atoms with Crippen molar-refractivity contribution in [2.24, 2.45) is 0 Å². The summed E-state index contributed by atoms with van der Waals surface area (Å²) in [5, 5.41) is 8.36. The quantitative estimate of drug-likeness (QED) is 0.525. The van der Waals surface area contributed by atoms with Crippen LogP contribution in [0.25, 0.3) is 0 Å². The van der Waals surface area contributed by atoms with E-state index in [9.17, 15) is 14.4 Å². The van der Waals surface area contributed by atoms with Crippen LogP contribution in [0.5, 0.6) is 0 Å². The van der Waals surface area contributed by atoms with Gasteiger partial charge in [-0.15, -0.1) is 0 Å². The van der Waals surface area contributed by atoms with Crippen molar-refractivity contribution in [1.29, 1.82) is 0 Å². The average molecular weight is 228 g/mol. The van der Waals surface area contributed by atoms with Crippen molar-refractivity contribution < 1.29 is 24.2 Å². The van der Waals surface area contributed by atoms with Gasteiger partial charge in [-0.05, 0) is 18.9 Å². The molecule has 5 heteroatoms. The van der Waals surface area contributed by atoms with Crippen molar-refractivity contribution in [3.05, 3.63) is 12.2 Å². The van der Waals surface area contributed by atoms with E-state index in [0.717, 1.165) is 0 Å². The Bertz CT molecular complexity index is 305. The molecule has 0 amide bonds. The third-order valence-electron chi connectivity index (χ3n) is 1.90. The SMILES string of the molecule is C=C(C)C(=O)C(CC)OC(=O)CCC(=O)O. The zero-order valence-corrected chi connectivity index (χ0v) is 9.49.